The van der Waals surface area contributed by atoms with Crippen molar-refractivity contribution in [2.45, 2.75) is 24.5 Å². The van der Waals surface area contributed by atoms with Crippen LogP contribution in [0.15, 0.2) is 95.5 Å². The number of aromatic nitrogens is 1. The Labute approximate surface area is 235 Å². The first-order chi connectivity index (χ1) is 19.7. The molecule has 1 saturated carbocycles. The van der Waals surface area contributed by atoms with Crippen molar-refractivity contribution >= 4 is 12.2 Å². The van der Waals surface area contributed by atoms with E-state index in [0.717, 1.165) is 30.1 Å². The molecule has 0 bridgehead atoms. The molecule has 5 unspecified atom stereocenters. The number of para-hydroxylation sites is 1. The maximum Gasteiger partial charge on any atom is 0.160 e. The van der Waals surface area contributed by atoms with Gasteiger partial charge in [0.2, 0.25) is 0 Å². The van der Waals surface area contributed by atoms with E-state index in [9.17, 15) is 5.11 Å². The molecule has 6 nitrogen and oxygen atoms in total. The average molecular weight is 537 g/mol. The van der Waals surface area contributed by atoms with Gasteiger partial charge in [0.05, 0.1) is 6.61 Å². The van der Waals surface area contributed by atoms with Crippen molar-refractivity contribution in [1.29, 1.82) is 0 Å². The van der Waals surface area contributed by atoms with Gasteiger partial charge in [-0.1, -0.05) is 84.0 Å². The van der Waals surface area contributed by atoms with Gasteiger partial charge in [0.15, 0.2) is 5.76 Å². The Hall–Kier alpha value is -3.71. The van der Waals surface area contributed by atoms with Crippen LogP contribution in [0.5, 0.6) is 5.75 Å². The molecular formula is C34H36N2O4. The van der Waals surface area contributed by atoms with E-state index in [-0.39, 0.29) is 6.61 Å². The van der Waals surface area contributed by atoms with E-state index in [0.29, 0.717) is 42.6 Å². The number of rotatable bonds is 11. The second-order valence-corrected chi connectivity index (χ2v) is 10.9. The summed E-state index contributed by atoms with van der Waals surface area (Å²) in [5, 5.41) is 14.9. The van der Waals surface area contributed by atoms with Gasteiger partial charge in [0, 0.05) is 38.4 Å². The zero-order valence-electron chi connectivity index (χ0n) is 22.8. The molecule has 2 heterocycles. The molecule has 3 aromatic carbocycles. The monoisotopic (exact) mass is 536 g/mol. The van der Waals surface area contributed by atoms with Crippen LogP contribution in [0.2, 0.25) is 0 Å². The first-order valence-electron chi connectivity index (χ1n) is 14.0. The minimum atomic E-state index is -0.578. The Morgan fingerprint density at radius 3 is 2.17 bits per heavy atom. The fraction of sp³-hybridized carbons (Fsp3) is 0.324. The molecule has 6 heteroatoms. The lowest BCUT2D eigenvalue weighted by atomic mass is 9.54. The van der Waals surface area contributed by atoms with E-state index < -0.39 is 6.10 Å². The second-order valence-electron chi connectivity index (χ2n) is 10.9. The molecule has 5 atom stereocenters. The minimum Gasteiger partial charge on any atom is -0.490 e. The van der Waals surface area contributed by atoms with Crippen LogP contribution in [0.4, 0.5) is 0 Å². The van der Waals surface area contributed by atoms with E-state index in [1.165, 1.54) is 11.1 Å². The van der Waals surface area contributed by atoms with Crippen LogP contribution < -0.4 is 4.74 Å². The molecule has 4 aromatic rings. The summed E-state index contributed by atoms with van der Waals surface area (Å²) in [5.74, 6) is 3.61. The predicted octanol–water partition coefficient (Wildman–Crippen LogP) is 5.86. The topological polar surface area (TPSA) is 68.0 Å². The fourth-order valence-corrected chi connectivity index (χ4v) is 6.58. The summed E-state index contributed by atoms with van der Waals surface area (Å²) in [7, 11) is 1.63. The molecule has 1 aromatic heterocycles. The molecule has 0 radical (unpaired) electrons. The lowest BCUT2D eigenvalue weighted by molar-refractivity contribution is 0.0746. The largest absolute Gasteiger partial charge is 0.490 e. The van der Waals surface area contributed by atoms with E-state index >= 15 is 0 Å². The van der Waals surface area contributed by atoms with Gasteiger partial charge >= 0.3 is 0 Å². The third kappa shape index (κ3) is 5.75. The highest BCUT2D eigenvalue weighted by molar-refractivity contribution is 5.70. The number of hydrogen-bond donors (Lipinski definition) is 1. The Morgan fingerprint density at radius 1 is 0.900 bits per heavy atom. The molecule has 0 amide bonds. The summed E-state index contributed by atoms with van der Waals surface area (Å²) < 4.78 is 16.5. The molecule has 2 fully saturated rings. The molecule has 206 valence electrons. The van der Waals surface area contributed by atoms with Crippen LogP contribution in [-0.2, 0) is 11.3 Å². The molecule has 1 N–H and O–H groups in total. The van der Waals surface area contributed by atoms with Gasteiger partial charge in [-0.2, -0.15) is 0 Å². The van der Waals surface area contributed by atoms with Gasteiger partial charge in [-0.15, -0.1) is 0 Å². The van der Waals surface area contributed by atoms with Crippen molar-refractivity contribution in [3.63, 3.8) is 0 Å². The highest BCUT2D eigenvalue weighted by Crippen LogP contribution is 2.60. The normalized spacial score (nSPS) is 23.1. The summed E-state index contributed by atoms with van der Waals surface area (Å²) in [4.78, 5) is 2.43. The number of hydrogen-bond acceptors (Lipinski definition) is 6. The molecule has 2 aliphatic rings. The number of ether oxygens (including phenoxy) is 2. The number of nitrogens with zero attached hydrogens (tertiary/aromatic N) is 2. The van der Waals surface area contributed by atoms with Crippen molar-refractivity contribution in [1.82, 2.24) is 10.1 Å². The first kappa shape index (κ1) is 26.5. The van der Waals surface area contributed by atoms with Crippen LogP contribution >= 0.6 is 0 Å². The average Bonchev–Trinajstić information content (AvgIpc) is 3.57. The number of β-amino-alcohol motifs (C(OH)–C–C–N with tert-alkyl or cyclic N) is 1. The van der Waals surface area contributed by atoms with E-state index in [1.807, 2.05) is 42.5 Å². The van der Waals surface area contributed by atoms with Crippen LogP contribution in [0.25, 0.3) is 12.2 Å². The van der Waals surface area contributed by atoms with Gasteiger partial charge in [-0.05, 0) is 53.0 Å². The third-order valence-electron chi connectivity index (χ3n) is 8.28. The Morgan fingerprint density at radius 2 is 1.52 bits per heavy atom. The number of aliphatic hydroxyl groups excluding tert-OH is 1. The van der Waals surface area contributed by atoms with Crippen LogP contribution in [-0.4, -0.2) is 54.6 Å². The molecule has 1 saturated heterocycles. The Kier molecular flexibility index (Phi) is 8.09. The molecule has 6 rings (SSSR count). The van der Waals surface area contributed by atoms with Crippen LogP contribution in [0, 0.1) is 11.8 Å². The zero-order chi connectivity index (χ0) is 27.3. The maximum atomic E-state index is 11.0. The summed E-state index contributed by atoms with van der Waals surface area (Å²) in [6.45, 7) is 3.27. The smallest absolute Gasteiger partial charge is 0.160 e. The van der Waals surface area contributed by atoms with E-state index in [1.54, 1.807) is 7.11 Å². The van der Waals surface area contributed by atoms with Gasteiger partial charge < -0.3 is 24.0 Å². The summed E-state index contributed by atoms with van der Waals surface area (Å²) in [6, 6.07) is 31.5. The number of benzene rings is 3. The third-order valence-corrected chi connectivity index (χ3v) is 8.28. The maximum absolute atomic E-state index is 11.0. The van der Waals surface area contributed by atoms with Crippen molar-refractivity contribution in [3.05, 3.63) is 119 Å². The summed E-state index contributed by atoms with van der Waals surface area (Å²) in [6.07, 6.45) is 3.22. The first-order valence-corrected chi connectivity index (χ1v) is 14.0. The molecule has 1 aliphatic heterocycles. The number of methoxy groups -OCH3 is 1. The molecule has 1 aliphatic carbocycles. The van der Waals surface area contributed by atoms with Crippen LogP contribution in [0.3, 0.4) is 0 Å². The fourth-order valence-electron chi connectivity index (χ4n) is 6.58. The molecule has 40 heavy (non-hydrogen) atoms. The molecular weight excluding hydrogens is 500 g/mol. The zero-order valence-corrected chi connectivity index (χ0v) is 22.8. The van der Waals surface area contributed by atoms with E-state index in [4.69, 9.17) is 14.0 Å². The van der Waals surface area contributed by atoms with Gasteiger partial charge in [0.25, 0.3) is 0 Å². The van der Waals surface area contributed by atoms with Crippen molar-refractivity contribution in [3.8, 4) is 5.75 Å². The van der Waals surface area contributed by atoms with Crippen molar-refractivity contribution in [2.24, 2.45) is 11.8 Å². The number of aliphatic hydroxyl groups is 1. The van der Waals surface area contributed by atoms with Gasteiger partial charge in [-0.25, -0.2) is 0 Å². The number of fused-ring (bicyclic) bond motifs is 1. The second kappa shape index (κ2) is 12.2. The molecule has 0 spiro atoms. The lowest BCUT2D eigenvalue weighted by Crippen LogP contribution is -2.42. The highest BCUT2D eigenvalue weighted by atomic mass is 16.5. The summed E-state index contributed by atoms with van der Waals surface area (Å²) >= 11 is 0. The predicted molar refractivity (Wildman–Crippen MR) is 156 cm³/mol. The Bertz CT molecular complexity index is 1350. The van der Waals surface area contributed by atoms with E-state index in [2.05, 4.69) is 70.7 Å². The van der Waals surface area contributed by atoms with Gasteiger partial charge in [0.1, 0.15) is 24.2 Å². The minimum absolute atomic E-state index is 0.237. The van der Waals surface area contributed by atoms with Crippen molar-refractivity contribution < 1.29 is 19.1 Å². The standard InChI is InChI=1S/C34H36N2O4/c1-38-22-27-18-29(40-35-27)17-16-24-10-8-9-15-32(24)39-23-28(37)19-36-20-30-31(21-36)34(26-13-6-3-7-14-26)33(30)25-11-4-2-5-12-25/h2-18,28,30-31,33-34,37H,19-23H2,1H3/b17-16+. The van der Waals surface area contributed by atoms with Crippen molar-refractivity contribution in [2.75, 3.05) is 33.4 Å². The lowest BCUT2D eigenvalue weighted by Gasteiger charge is -2.49. The van der Waals surface area contributed by atoms with Crippen LogP contribution in [0.1, 0.15) is 40.0 Å². The SMILES string of the molecule is COCc1cc(/C=C/c2ccccc2OCC(O)CN2CC3C(C2)C(c2ccccc2)C3c2ccccc2)on1. The highest BCUT2D eigenvalue weighted by Gasteiger charge is 2.55. The quantitative estimate of drug-likeness (QED) is 0.259. The number of likely N-dealkylation sites (tertiary alicyclic amines) is 1. The van der Waals surface area contributed by atoms with Gasteiger partial charge in [-0.3, -0.25) is 0 Å². The Balaban J connectivity index is 1.07. The summed E-state index contributed by atoms with van der Waals surface area (Å²) in [5.41, 5.74) is 4.51.